The standard InChI is InChI=1S/C19H23N3O5/c1-26-14-6-5-13(11-15(14)27-2)19(8-3-4-9-19)18(25)20-16-7-10-22(21-16)12-17(23)24/h5-7,10-11H,3-4,8-9,12H2,1-2H3,(H,23,24)(H,20,21,25). The molecule has 1 aromatic heterocycles. The SMILES string of the molecule is COc1ccc(C2(C(=O)Nc3ccn(CC(=O)O)n3)CCCC2)cc1OC. The fraction of sp³-hybridized carbons (Fsp3) is 0.421. The molecule has 0 radical (unpaired) electrons. The molecule has 144 valence electrons. The lowest BCUT2D eigenvalue weighted by molar-refractivity contribution is -0.137. The lowest BCUT2D eigenvalue weighted by Gasteiger charge is -2.28. The Balaban J connectivity index is 1.87. The normalized spacial score (nSPS) is 15.3. The maximum Gasteiger partial charge on any atom is 0.325 e. The topological polar surface area (TPSA) is 103 Å². The summed E-state index contributed by atoms with van der Waals surface area (Å²) in [6, 6.07) is 7.16. The molecule has 0 atom stereocenters. The molecule has 1 fully saturated rings. The first kappa shape index (κ1) is 18.8. The maximum atomic E-state index is 13.2. The third-order valence-corrected chi connectivity index (χ3v) is 5.01. The van der Waals surface area contributed by atoms with Crippen molar-refractivity contribution in [1.82, 2.24) is 9.78 Å². The molecule has 2 N–H and O–H groups in total. The lowest BCUT2D eigenvalue weighted by atomic mass is 9.78. The number of carbonyl (C=O) groups excluding carboxylic acids is 1. The average Bonchev–Trinajstić information content (AvgIpc) is 3.31. The van der Waals surface area contributed by atoms with E-state index in [1.54, 1.807) is 20.3 Å². The molecule has 3 rings (SSSR count). The number of methoxy groups -OCH3 is 2. The zero-order chi connectivity index (χ0) is 19.4. The Bertz CT molecular complexity index is 840. The van der Waals surface area contributed by atoms with Crippen LogP contribution < -0.4 is 14.8 Å². The van der Waals surface area contributed by atoms with Crippen LogP contribution in [0.15, 0.2) is 30.5 Å². The molecule has 8 nitrogen and oxygen atoms in total. The van der Waals surface area contributed by atoms with E-state index in [0.717, 1.165) is 31.2 Å². The fourth-order valence-electron chi connectivity index (χ4n) is 3.65. The first-order valence-corrected chi connectivity index (χ1v) is 8.78. The van der Waals surface area contributed by atoms with Gasteiger partial charge >= 0.3 is 5.97 Å². The number of benzene rings is 1. The molecule has 2 aromatic rings. The van der Waals surface area contributed by atoms with Gasteiger partial charge in [-0.15, -0.1) is 0 Å². The van der Waals surface area contributed by atoms with Crippen LogP contribution in [0.2, 0.25) is 0 Å². The molecule has 1 aliphatic carbocycles. The molecule has 1 heterocycles. The molecular weight excluding hydrogens is 350 g/mol. The van der Waals surface area contributed by atoms with E-state index in [1.165, 1.54) is 10.9 Å². The van der Waals surface area contributed by atoms with Crippen molar-refractivity contribution in [3.8, 4) is 11.5 Å². The highest BCUT2D eigenvalue weighted by atomic mass is 16.5. The van der Waals surface area contributed by atoms with E-state index in [1.807, 2.05) is 18.2 Å². The summed E-state index contributed by atoms with van der Waals surface area (Å²) in [7, 11) is 3.14. The van der Waals surface area contributed by atoms with Crippen molar-refractivity contribution < 1.29 is 24.2 Å². The van der Waals surface area contributed by atoms with Crippen molar-refractivity contribution in [2.45, 2.75) is 37.6 Å². The number of hydrogen-bond acceptors (Lipinski definition) is 5. The second kappa shape index (κ2) is 7.69. The summed E-state index contributed by atoms with van der Waals surface area (Å²) < 4.78 is 12.0. The molecule has 0 spiro atoms. The van der Waals surface area contributed by atoms with Crippen molar-refractivity contribution in [2.24, 2.45) is 0 Å². The van der Waals surface area contributed by atoms with E-state index >= 15 is 0 Å². The Morgan fingerprint density at radius 3 is 2.52 bits per heavy atom. The largest absolute Gasteiger partial charge is 0.493 e. The van der Waals surface area contributed by atoms with Crippen LogP contribution in [0, 0.1) is 0 Å². The van der Waals surface area contributed by atoms with Gasteiger partial charge in [-0.05, 0) is 30.5 Å². The molecule has 1 amide bonds. The smallest absolute Gasteiger partial charge is 0.325 e. The Labute approximate surface area is 157 Å². The van der Waals surface area contributed by atoms with Gasteiger partial charge in [-0.1, -0.05) is 18.9 Å². The van der Waals surface area contributed by atoms with Crippen molar-refractivity contribution in [2.75, 3.05) is 19.5 Å². The van der Waals surface area contributed by atoms with E-state index < -0.39 is 11.4 Å². The number of nitrogens with one attached hydrogen (secondary N) is 1. The van der Waals surface area contributed by atoms with Crippen LogP contribution in [0.5, 0.6) is 11.5 Å². The van der Waals surface area contributed by atoms with Crippen LogP contribution in [0.3, 0.4) is 0 Å². The van der Waals surface area contributed by atoms with Crippen LogP contribution in [0.1, 0.15) is 31.2 Å². The molecule has 1 aliphatic rings. The predicted molar refractivity (Wildman–Crippen MR) is 98.2 cm³/mol. The predicted octanol–water partition coefficient (Wildman–Crippen LogP) is 2.44. The molecule has 27 heavy (non-hydrogen) atoms. The van der Waals surface area contributed by atoms with Crippen LogP contribution >= 0.6 is 0 Å². The van der Waals surface area contributed by atoms with Gasteiger partial charge in [-0.2, -0.15) is 5.10 Å². The van der Waals surface area contributed by atoms with E-state index in [4.69, 9.17) is 14.6 Å². The lowest BCUT2D eigenvalue weighted by Crippen LogP contribution is -2.38. The molecule has 0 bridgehead atoms. The van der Waals surface area contributed by atoms with Gasteiger partial charge < -0.3 is 19.9 Å². The Kier molecular flexibility index (Phi) is 5.34. The first-order chi connectivity index (χ1) is 13.0. The van der Waals surface area contributed by atoms with Crippen molar-refractivity contribution >= 4 is 17.7 Å². The number of rotatable bonds is 7. The molecule has 8 heteroatoms. The number of carboxylic acids is 1. The summed E-state index contributed by atoms with van der Waals surface area (Å²) in [6.07, 6.45) is 4.89. The van der Waals surface area contributed by atoms with Gasteiger partial charge in [0.2, 0.25) is 5.91 Å². The summed E-state index contributed by atoms with van der Waals surface area (Å²) >= 11 is 0. The summed E-state index contributed by atoms with van der Waals surface area (Å²) in [6.45, 7) is -0.253. The first-order valence-electron chi connectivity index (χ1n) is 8.78. The van der Waals surface area contributed by atoms with E-state index in [-0.39, 0.29) is 12.5 Å². The number of anilines is 1. The van der Waals surface area contributed by atoms with Gasteiger partial charge in [0.15, 0.2) is 17.3 Å². The molecule has 0 unspecified atom stereocenters. The van der Waals surface area contributed by atoms with E-state index in [0.29, 0.717) is 17.3 Å². The summed E-state index contributed by atoms with van der Waals surface area (Å²) in [5.41, 5.74) is 0.205. The van der Waals surface area contributed by atoms with Crippen LogP contribution in [0.25, 0.3) is 0 Å². The minimum atomic E-state index is -0.992. The Morgan fingerprint density at radius 2 is 1.89 bits per heavy atom. The molecule has 1 saturated carbocycles. The van der Waals surface area contributed by atoms with Crippen LogP contribution in [0.4, 0.5) is 5.82 Å². The average molecular weight is 373 g/mol. The second-order valence-corrected chi connectivity index (χ2v) is 6.61. The highest BCUT2D eigenvalue weighted by Crippen LogP contribution is 2.44. The summed E-state index contributed by atoms with van der Waals surface area (Å²) in [4.78, 5) is 24.0. The van der Waals surface area contributed by atoms with Crippen molar-refractivity contribution in [1.29, 1.82) is 0 Å². The Hall–Kier alpha value is -3.03. The minimum absolute atomic E-state index is 0.146. The number of amides is 1. The number of aromatic nitrogens is 2. The number of carbonyl (C=O) groups is 2. The molecule has 0 saturated heterocycles. The van der Waals surface area contributed by atoms with Crippen LogP contribution in [-0.4, -0.2) is 41.0 Å². The Morgan fingerprint density at radius 1 is 1.19 bits per heavy atom. The highest BCUT2D eigenvalue weighted by Gasteiger charge is 2.43. The number of ether oxygens (including phenoxy) is 2. The molecule has 0 aliphatic heterocycles. The number of nitrogens with zero attached hydrogens (tertiary/aromatic N) is 2. The molecular formula is C19H23N3O5. The molecule has 1 aromatic carbocycles. The summed E-state index contributed by atoms with van der Waals surface area (Å²) in [5.74, 6) is 0.399. The van der Waals surface area contributed by atoms with Crippen molar-refractivity contribution in [3.05, 3.63) is 36.0 Å². The monoisotopic (exact) mass is 373 g/mol. The van der Waals surface area contributed by atoms with Crippen LogP contribution in [-0.2, 0) is 21.5 Å². The van der Waals surface area contributed by atoms with Gasteiger partial charge in [0.25, 0.3) is 0 Å². The van der Waals surface area contributed by atoms with Gasteiger partial charge in [0.1, 0.15) is 6.54 Å². The van der Waals surface area contributed by atoms with E-state index in [9.17, 15) is 9.59 Å². The maximum absolute atomic E-state index is 13.2. The second-order valence-electron chi connectivity index (χ2n) is 6.61. The zero-order valence-corrected chi connectivity index (χ0v) is 15.4. The number of carboxylic acid groups (broad SMARTS) is 1. The third-order valence-electron chi connectivity index (χ3n) is 5.01. The van der Waals surface area contributed by atoms with Crippen molar-refractivity contribution in [3.63, 3.8) is 0 Å². The zero-order valence-electron chi connectivity index (χ0n) is 15.4. The van der Waals surface area contributed by atoms with Gasteiger partial charge in [-0.3, -0.25) is 14.3 Å². The highest BCUT2D eigenvalue weighted by molar-refractivity contribution is 5.99. The minimum Gasteiger partial charge on any atom is -0.493 e. The fourth-order valence-corrected chi connectivity index (χ4v) is 3.65. The van der Waals surface area contributed by atoms with Gasteiger partial charge in [0.05, 0.1) is 19.6 Å². The van der Waals surface area contributed by atoms with Gasteiger partial charge in [0, 0.05) is 12.3 Å². The number of hydrogen-bond donors (Lipinski definition) is 2. The summed E-state index contributed by atoms with van der Waals surface area (Å²) in [5, 5.41) is 15.8. The third kappa shape index (κ3) is 3.74. The number of aliphatic carboxylic acids is 1. The van der Waals surface area contributed by atoms with E-state index in [2.05, 4.69) is 10.4 Å². The van der Waals surface area contributed by atoms with Gasteiger partial charge in [-0.25, -0.2) is 0 Å². The quantitative estimate of drug-likeness (QED) is 0.773.